The molecule has 1 heteroatoms. The van der Waals surface area contributed by atoms with Crippen LogP contribution in [0, 0.1) is 5.41 Å². The molecular formula is C8H15Br. The van der Waals surface area contributed by atoms with Gasteiger partial charge in [-0.25, -0.2) is 0 Å². The van der Waals surface area contributed by atoms with Gasteiger partial charge in [-0.3, -0.25) is 0 Å². The summed E-state index contributed by atoms with van der Waals surface area (Å²) in [6.07, 6.45) is 4.32. The molecule has 54 valence electrons. The van der Waals surface area contributed by atoms with Gasteiger partial charge in [0.05, 0.1) is 0 Å². The van der Waals surface area contributed by atoms with Crippen molar-refractivity contribution in [3.05, 3.63) is 12.7 Å². The van der Waals surface area contributed by atoms with E-state index in [2.05, 4.69) is 36.4 Å². The lowest BCUT2D eigenvalue weighted by molar-refractivity contribution is 0.361. The van der Waals surface area contributed by atoms with Crippen LogP contribution < -0.4 is 0 Å². The van der Waals surface area contributed by atoms with Crippen LogP contribution in [0.3, 0.4) is 0 Å². The largest absolute Gasteiger partial charge is 0.103 e. The van der Waals surface area contributed by atoms with Gasteiger partial charge >= 0.3 is 0 Å². The summed E-state index contributed by atoms with van der Waals surface area (Å²) in [5, 5.41) is 1.09. The Balaban J connectivity index is 3.55. The van der Waals surface area contributed by atoms with Crippen molar-refractivity contribution in [1.29, 1.82) is 0 Å². The third kappa shape index (κ3) is 4.71. The highest BCUT2D eigenvalue weighted by Crippen LogP contribution is 2.25. The second-order valence-corrected chi connectivity index (χ2v) is 3.89. The Morgan fingerprint density at radius 3 is 2.44 bits per heavy atom. The molecule has 0 aliphatic rings. The quantitative estimate of drug-likeness (QED) is 0.472. The summed E-state index contributed by atoms with van der Waals surface area (Å²) in [4.78, 5) is 0. The van der Waals surface area contributed by atoms with Crippen LogP contribution >= 0.6 is 15.9 Å². The van der Waals surface area contributed by atoms with E-state index in [4.69, 9.17) is 0 Å². The number of allylic oxidation sites excluding steroid dienone is 1. The van der Waals surface area contributed by atoms with Crippen molar-refractivity contribution in [1.82, 2.24) is 0 Å². The molecule has 0 rings (SSSR count). The first-order valence-corrected chi connectivity index (χ1v) is 4.41. The lowest BCUT2D eigenvalue weighted by Crippen LogP contribution is -2.09. The average Bonchev–Trinajstić information content (AvgIpc) is 1.64. The summed E-state index contributed by atoms with van der Waals surface area (Å²) in [6.45, 7) is 8.23. The minimum absolute atomic E-state index is 0.436. The van der Waals surface area contributed by atoms with Crippen LogP contribution in [-0.2, 0) is 0 Å². The van der Waals surface area contributed by atoms with Gasteiger partial charge in [-0.05, 0) is 18.3 Å². The van der Waals surface area contributed by atoms with Crippen molar-refractivity contribution >= 4 is 15.9 Å². The summed E-state index contributed by atoms with van der Waals surface area (Å²) in [5.41, 5.74) is 0.436. The van der Waals surface area contributed by atoms with Crippen molar-refractivity contribution in [3.8, 4) is 0 Å². The molecular weight excluding hydrogens is 176 g/mol. The fourth-order valence-corrected chi connectivity index (χ4v) is 1.82. The van der Waals surface area contributed by atoms with Crippen LogP contribution in [0.15, 0.2) is 12.7 Å². The zero-order valence-corrected chi connectivity index (χ0v) is 7.87. The van der Waals surface area contributed by atoms with Crippen LogP contribution in [0.2, 0.25) is 0 Å². The van der Waals surface area contributed by atoms with E-state index in [9.17, 15) is 0 Å². The Kier molecular flexibility index (Phi) is 4.20. The number of alkyl halides is 1. The first-order valence-electron chi connectivity index (χ1n) is 3.29. The van der Waals surface area contributed by atoms with Gasteiger partial charge in [-0.15, -0.1) is 6.58 Å². The molecule has 0 amide bonds. The van der Waals surface area contributed by atoms with Crippen LogP contribution in [0.4, 0.5) is 0 Å². The van der Waals surface area contributed by atoms with E-state index in [0.717, 1.165) is 11.8 Å². The van der Waals surface area contributed by atoms with Crippen LogP contribution in [0.1, 0.15) is 26.7 Å². The molecule has 0 N–H and O–H groups in total. The fourth-order valence-electron chi connectivity index (χ4n) is 0.749. The van der Waals surface area contributed by atoms with E-state index in [1.165, 1.54) is 6.42 Å². The van der Waals surface area contributed by atoms with Gasteiger partial charge in [-0.1, -0.05) is 35.9 Å². The number of rotatable bonds is 4. The van der Waals surface area contributed by atoms with Crippen LogP contribution in [0.25, 0.3) is 0 Å². The highest BCUT2D eigenvalue weighted by atomic mass is 79.9. The maximum atomic E-state index is 3.71. The summed E-state index contributed by atoms with van der Waals surface area (Å²) >= 11 is 3.42. The van der Waals surface area contributed by atoms with Crippen molar-refractivity contribution < 1.29 is 0 Å². The second kappa shape index (κ2) is 4.10. The van der Waals surface area contributed by atoms with Gasteiger partial charge < -0.3 is 0 Å². The minimum atomic E-state index is 0.436. The highest BCUT2D eigenvalue weighted by molar-refractivity contribution is 9.09. The Hall–Kier alpha value is 0.220. The molecule has 0 aromatic carbocycles. The molecule has 0 saturated heterocycles. The Labute approximate surface area is 66.5 Å². The molecule has 9 heavy (non-hydrogen) atoms. The summed E-state index contributed by atoms with van der Waals surface area (Å²) < 4.78 is 0. The monoisotopic (exact) mass is 190 g/mol. The van der Waals surface area contributed by atoms with Gasteiger partial charge in [0.2, 0.25) is 0 Å². The smallest absolute Gasteiger partial charge is 0.00364 e. The van der Waals surface area contributed by atoms with Crippen molar-refractivity contribution in [3.63, 3.8) is 0 Å². The number of halogens is 1. The maximum absolute atomic E-state index is 3.71. The zero-order chi connectivity index (χ0) is 7.33. The summed E-state index contributed by atoms with van der Waals surface area (Å²) in [6, 6.07) is 0. The summed E-state index contributed by atoms with van der Waals surface area (Å²) in [7, 11) is 0. The van der Waals surface area contributed by atoms with E-state index in [0.29, 0.717) is 5.41 Å². The fraction of sp³-hybridized carbons (Fsp3) is 0.750. The number of hydrogen-bond acceptors (Lipinski definition) is 0. The molecule has 0 aliphatic heterocycles. The van der Waals surface area contributed by atoms with Crippen LogP contribution in [0.5, 0.6) is 0 Å². The van der Waals surface area contributed by atoms with Gasteiger partial charge in [0.15, 0.2) is 0 Å². The third-order valence-corrected chi connectivity index (χ3v) is 1.86. The van der Waals surface area contributed by atoms with Crippen molar-refractivity contribution in [2.45, 2.75) is 26.7 Å². The lowest BCUT2D eigenvalue weighted by atomic mass is 9.87. The van der Waals surface area contributed by atoms with Crippen LogP contribution in [-0.4, -0.2) is 5.33 Å². The Bertz CT molecular complexity index is 84.6. The van der Waals surface area contributed by atoms with Crippen molar-refractivity contribution in [2.24, 2.45) is 5.41 Å². The molecule has 0 unspecified atom stereocenters. The topological polar surface area (TPSA) is 0 Å². The minimum Gasteiger partial charge on any atom is -0.103 e. The molecule has 0 saturated carbocycles. The Morgan fingerprint density at radius 2 is 2.11 bits per heavy atom. The molecule has 0 fully saturated rings. The molecule has 0 atom stereocenters. The van der Waals surface area contributed by atoms with Gasteiger partial charge in [-0.2, -0.15) is 0 Å². The van der Waals surface area contributed by atoms with E-state index in [-0.39, 0.29) is 0 Å². The van der Waals surface area contributed by atoms with Gasteiger partial charge in [0.25, 0.3) is 0 Å². The lowest BCUT2D eigenvalue weighted by Gasteiger charge is -2.20. The normalized spacial score (nSPS) is 11.4. The molecule has 0 aromatic heterocycles. The molecule has 0 radical (unpaired) electrons. The molecule has 0 heterocycles. The average molecular weight is 191 g/mol. The van der Waals surface area contributed by atoms with Gasteiger partial charge in [0, 0.05) is 5.33 Å². The molecule has 0 aromatic rings. The van der Waals surface area contributed by atoms with Crippen molar-refractivity contribution in [2.75, 3.05) is 5.33 Å². The Morgan fingerprint density at radius 1 is 1.56 bits per heavy atom. The maximum Gasteiger partial charge on any atom is 0.00364 e. The summed E-state index contributed by atoms with van der Waals surface area (Å²) in [5.74, 6) is 0. The predicted octanol–water partition coefficient (Wildman–Crippen LogP) is 3.37. The molecule has 0 nitrogen and oxygen atoms in total. The van der Waals surface area contributed by atoms with E-state index < -0.39 is 0 Å². The second-order valence-electron chi connectivity index (χ2n) is 3.10. The first kappa shape index (κ1) is 9.22. The highest BCUT2D eigenvalue weighted by Gasteiger charge is 2.13. The molecule has 0 aliphatic carbocycles. The first-order chi connectivity index (χ1) is 4.12. The standard InChI is InChI=1S/C8H15Br/c1-4-5-8(2,3)6-7-9/h4H,1,5-7H2,2-3H3. The van der Waals surface area contributed by atoms with E-state index in [1.807, 2.05) is 6.08 Å². The van der Waals surface area contributed by atoms with E-state index in [1.54, 1.807) is 0 Å². The third-order valence-electron chi connectivity index (χ3n) is 1.47. The van der Waals surface area contributed by atoms with E-state index >= 15 is 0 Å². The van der Waals surface area contributed by atoms with Gasteiger partial charge in [0.1, 0.15) is 0 Å². The molecule has 0 spiro atoms. The number of hydrogen-bond donors (Lipinski definition) is 0. The predicted molar refractivity (Wildman–Crippen MR) is 47.0 cm³/mol. The zero-order valence-electron chi connectivity index (χ0n) is 6.28. The molecule has 0 bridgehead atoms. The SMILES string of the molecule is C=CCC(C)(C)CCBr.